The fourth-order valence-electron chi connectivity index (χ4n) is 2.95. The summed E-state index contributed by atoms with van der Waals surface area (Å²) in [6.45, 7) is 0. The van der Waals surface area contributed by atoms with Crippen molar-refractivity contribution in [1.29, 1.82) is 0 Å². The SMILES string of the molecule is O=C1N[C@H](c2cncc(-c3cncc(F)c3)c2)[C@@H](c2ccc(F)cc2)O1. The van der Waals surface area contributed by atoms with Crippen LogP contribution in [0.3, 0.4) is 0 Å². The standard InChI is InChI=1S/C19H13F2N3O2/c20-15-3-1-11(2-4-15)18-17(24-19(25)26-18)14-5-12(7-22-9-14)13-6-16(21)10-23-8-13/h1-10,17-18H,(H,24,25)/t17-,18-/m1/s1. The summed E-state index contributed by atoms with van der Waals surface area (Å²) in [6, 6.07) is 8.41. The smallest absolute Gasteiger partial charge is 0.408 e. The number of halogens is 2. The Morgan fingerprint density at radius 2 is 1.54 bits per heavy atom. The maximum absolute atomic E-state index is 13.4. The molecule has 2 atom stereocenters. The first-order valence-corrected chi connectivity index (χ1v) is 7.88. The average Bonchev–Trinajstić information content (AvgIpc) is 3.04. The number of alkyl carbamates (subject to hydrolysis) is 1. The summed E-state index contributed by atoms with van der Waals surface area (Å²) < 4.78 is 32.0. The van der Waals surface area contributed by atoms with Gasteiger partial charge in [-0.3, -0.25) is 9.97 Å². The number of nitrogens with one attached hydrogen (secondary N) is 1. The number of nitrogens with zero attached hydrogens (tertiary/aromatic N) is 2. The highest BCUT2D eigenvalue weighted by molar-refractivity contribution is 5.71. The molecule has 0 bridgehead atoms. The predicted octanol–water partition coefficient (Wildman–Crippen LogP) is 3.94. The third kappa shape index (κ3) is 3.11. The van der Waals surface area contributed by atoms with Gasteiger partial charge in [0, 0.05) is 29.7 Å². The van der Waals surface area contributed by atoms with Gasteiger partial charge in [0.15, 0.2) is 6.10 Å². The molecular formula is C19H13F2N3O2. The molecule has 7 heteroatoms. The lowest BCUT2D eigenvalue weighted by Gasteiger charge is -2.18. The Morgan fingerprint density at radius 1 is 0.846 bits per heavy atom. The second-order valence-electron chi connectivity index (χ2n) is 5.90. The van der Waals surface area contributed by atoms with E-state index in [9.17, 15) is 13.6 Å². The number of carbonyl (C=O) groups is 1. The summed E-state index contributed by atoms with van der Waals surface area (Å²) >= 11 is 0. The lowest BCUT2D eigenvalue weighted by molar-refractivity contribution is 0.132. The van der Waals surface area contributed by atoms with Crippen molar-refractivity contribution in [2.45, 2.75) is 12.1 Å². The molecule has 0 spiro atoms. The van der Waals surface area contributed by atoms with Crippen LogP contribution in [0.2, 0.25) is 0 Å². The fraction of sp³-hybridized carbons (Fsp3) is 0.105. The zero-order valence-corrected chi connectivity index (χ0v) is 13.4. The van der Waals surface area contributed by atoms with Gasteiger partial charge in [-0.05, 0) is 35.4 Å². The van der Waals surface area contributed by atoms with Crippen molar-refractivity contribution >= 4 is 6.09 Å². The fourth-order valence-corrected chi connectivity index (χ4v) is 2.95. The molecule has 1 aromatic carbocycles. The van der Waals surface area contributed by atoms with E-state index in [4.69, 9.17) is 4.74 Å². The van der Waals surface area contributed by atoms with Crippen molar-refractivity contribution in [3.63, 3.8) is 0 Å². The lowest BCUT2D eigenvalue weighted by Crippen LogP contribution is -2.19. The largest absolute Gasteiger partial charge is 0.439 e. The van der Waals surface area contributed by atoms with Crippen LogP contribution >= 0.6 is 0 Å². The number of aromatic nitrogens is 2. The van der Waals surface area contributed by atoms with Crippen molar-refractivity contribution < 1.29 is 18.3 Å². The van der Waals surface area contributed by atoms with E-state index in [2.05, 4.69) is 15.3 Å². The highest BCUT2D eigenvalue weighted by atomic mass is 19.1. The molecule has 1 aliphatic rings. The van der Waals surface area contributed by atoms with Crippen molar-refractivity contribution in [3.8, 4) is 11.1 Å². The molecule has 3 heterocycles. The van der Waals surface area contributed by atoms with Crippen LogP contribution in [0.15, 0.2) is 61.2 Å². The van der Waals surface area contributed by atoms with Gasteiger partial charge in [-0.15, -0.1) is 0 Å². The van der Waals surface area contributed by atoms with Gasteiger partial charge in [0.25, 0.3) is 0 Å². The number of hydrogen-bond acceptors (Lipinski definition) is 4. The molecular weight excluding hydrogens is 340 g/mol. The Kier molecular flexibility index (Phi) is 4.04. The molecule has 5 nitrogen and oxygen atoms in total. The molecule has 3 aromatic rings. The van der Waals surface area contributed by atoms with Crippen LogP contribution in [0.5, 0.6) is 0 Å². The van der Waals surface area contributed by atoms with E-state index in [1.807, 2.05) is 0 Å². The van der Waals surface area contributed by atoms with Gasteiger partial charge in [-0.25, -0.2) is 13.6 Å². The molecule has 130 valence electrons. The number of hydrogen-bond donors (Lipinski definition) is 1. The quantitative estimate of drug-likeness (QED) is 0.775. The van der Waals surface area contributed by atoms with Crippen LogP contribution in [-0.2, 0) is 4.74 Å². The van der Waals surface area contributed by atoms with Gasteiger partial charge in [0.2, 0.25) is 0 Å². The Hall–Kier alpha value is -3.35. The van der Waals surface area contributed by atoms with E-state index in [0.29, 0.717) is 22.3 Å². The number of ether oxygens (including phenoxy) is 1. The summed E-state index contributed by atoms with van der Waals surface area (Å²) in [4.78, 5) is 19.8. The van der Waals surface area contributed by atoms with Crippen LogP contribution in [0.4, 0.5) is 13.6 Å². The second kappa shape index (κ2) is 6.51. The summed E-state index contributed by atoms with van der Waals surface area (Å²) in [7, 11) is 0. The Labute approximate surface area is 147 Å². The van der Waals surface area contributed by atoms with Gasteiger partial charge in [0.05, 0.1) is 6.20 Å². The molecule has 0 aliphatic carbocycles. The van der Waals surface area contributed by atoms with Gasteiger partial charge >= 0.3 is 6.09 Å². The third-order valence-electron chi connectivity index (χ3n) is 4.17. The lowest BCUT2D eigenvalue weighted by atomic mass is 9.96. The van der Waals surface area contributed by atoms with Gasteiger partial charge in [-0.1, -0.05) is 12.1 Å². The van der Waals surface area contributed by atoms with E-state index >= 15 is 0 Å². The molecule has 1 aliphatic heterocycles. The van der Waals surface area contributed by atoms with E-state index in [1.54, 1.807) is 30.6 Å². The minimum absolute atomic E-state index is 0.371. The molecule has 1 fully saturated rings. The summed E-state index contributed by atoms with van der Waals surface area (Å²) in [6.07, 6.45) is 4.66. The number of pyridine rings is 2. The minimum atomic E-state index is -0.620. The first-order chi connectivity index (χ1) is 12.6. The van der Waals surface area contributed by atoms with Crippen LogP contribution in [0, 0.1) is 11.6 Å². The molecule has 4 rings (SSSR count). The van der Waals surface area contributed by atoms with Gasteiger partial charge in [0.1, 0.15) is 17.7 Å². The van der Waals surface area contributed by atoms with E-state index in [1.165, 1.54) is 24.4 Å². The monoisotopic (exact) mass is 353 g/mol. The van der Waals surface area contributed by atoms with Crippen molar-refractivity contribution in [1.82, 2.24) is 15.3 Å². The van der Waals surface area contributed by atoms with Gasteiger partial charge < -0.3 is 10.1 Å². The number of carbonyl (C=O) groups excluding carboxylic acids is 1. The molecule has 26 heavy (non-hydrogen) atoms. The molecule has 2 aromatic heterocycles. The van der Waals surface area contributed by atoms with E-state index < -0.39 is 24.1 Å². The Bertz CT molecular complexity index is 963. The maximum Gasteiger partial charge on any atom is 0.408 e. The number of benzene rings is 1. The zero-order chi connectivity index (χ0) is 18.1. The van der Waals surface area contributed by atoms with Crippen LogP contribution in [-0.4, -0.2) is 16.1 Å². The van der Waals surface area contributed by atoms with E-state index in [0.717, 1.165) is 6.20 Å². The normalized spacial score (nSPS) is 19.1. The predicted molar refractivity (Wildman–Crippen MR) is 88.9 cm³/mol. The molecule has 1 N–H and O–H groups in total. The Balaban J connectivity index is 1.70. The number of amides is 1. The van der Waals surface area contributed by atoms with Crippen LogP contribution < -0.4 is 5.32 Å². The first kappa shape index (κ1) is 16.1. The highest BCUT2D eigenvalue weighted by Crippen LogP contribution is 2.37. The third-order valence-corrected chi connectivity index (χ3v) is 4.17. The second-order valence-corrected chi connectivity index (χ2v) is 5.90. The number of rotatable bonds is 3. The van der Waals surface area contributed by atoms with Crippen LogP contribution in [0.1, 0.15) is 23.3 Å². The number of cyclic esters (lactones) is 1. The summed E-state index contributed by atoms with van der Waals surface area (Å²) in [5.41, 5.74) is 2.58. The minimum Gasteiger partial charge on any atom is -0.439 e. The summed E-state index contributed by atoms with van der Waals surface area (Å²) in [5, 5.41) is 2.74. The molecule has 0 radical (unpaired) electrons. The summed E-state index contributed by atoms with van der Waals surface area (Å²) in [5.74, 6) is -0.820. The highest BCUT2D eigenvalue weighted by Gasteiger charge is 2.36. The maximum atomic E-state index is 13.4. The van der Waals surface area contributed by atoms with Crippen molar-refractivity contribution in [2.75, 3.05) is 0 Å². The van der Waals surface area contributed by atoms with Crippen LogP contribution in [0.25, 0.3) is 11.1 Å². The van der Waals surface area contributed by atoms with Gasteiger partial charge in [-0.2, -0.15) is 0 Å². The van der Waals surface area contributed by atoms with Crippen molar-refractivity contribution in [2.24, 2.45) is 0 Å². The Morgan fingerprint density at radius 3 is 2.27 bits per heavy atom. The molecule has 0 saturated carbocycles. The molecule has 0 unspecified atom stereocenters. The van der Waals surface area contributed by atoms with E-state index in [-0.39, 0.29) is 5.82 Å². The first-order valence-electron chi connectivity index (χ1n) is 7.88. The van der Waals surface area contributed by atoms with Crippen molar-refractivity contribution in [3.05, 3.63) is 83.9 Å². The molecule has 1 amide bonds. The zero-order valence-electron chi connectivity index (χ0n) is 13.4. The molecule has 1 saturated heterocycles. The average molecular weight is 353 g/mol. The topological polar surface area (TPSA) is 64.1 Å².